The summed E-state index contributed by atoms with van der Waals surface area (Å²) < 4.78 is 5.61. The van der Waals surface area contributed by atoms with Gasteiger partial charge in [-0.25, -0.2) is 9.97 Å². The van der Waals surface area contributed by atoms with Crippen LogP contribution in [0.2, 0.25) is 0 Å². The van der Waals surface area contributed by atoms with Gasteiger partial charge in [0.15, 0.2) is 0 Å². The summed E-state index contributed by atoms with van der Waals surface area (Å²) in [5, 5.41) is 7.87. The first-order chi connectivity index (χ1) is 18.1. The summed E-state index contributed by atoms with van der Waals surface area (Å²) in [6.45, 7) is 12.6. The van der Waals surface area contributed by atoms with E-state index in [9.17, 15) is 0 Å². The molecule has 7 heteroatoms. The molecule has 0 aliphatic carbocycles. The van der Waals surface area contributed by atoms with Crippen molar-refractivity contribution in [3.05, 3.63) is 48.2 Å². The molecule has 37 heavy (non-hydrogen) atoms. The van der Waals surface area contributed by atoms with Crippen molar-refractivity contribution in [1.82, 2.24) is 20.2 Å². The number of rotatable bonds is 9. The summed E-state index contributed by atoms with van der Waals surface area (Å²) >= 11 is 0. The first-order valence-electron chi connectivity index (χ1n) is 14.0. The average molecular weight is 503 g/mol. The normalized spacial score (nSPS) is 17.5. The van der Waals surface area contributed by atoms with E-state index < -0.39 is 0 Å². The Morgan fingerprint density at radius 1 is 1.03 bits per heavy atom. The van der Waals surface area contributed by atoms with Crippen LogP contribution in [-0.4, -0.2) is 67.8 Å². The second-order valence-electron chi connectivity index (χ2n) is 10.8. The van der Waals surface area contributed by atoms with Crippen LogP contribution in [-0.2, 0) is 0 Å². The van der Waals surface area contributed by atoms with E-state index in [1.807, 2.05) is 18.3 Å². The summed E-state index contributed by atoms with van der Waals surface area (Å²) in [6, 6.07) is 12.7. The summed E-state index contributed by atoms with van der Waals surface area (Å²) in [4.78, 5) is 14.6. The standard InChI is InChI=1S/C30H42N6O/c1-22(2)28-27(37-3)11-6-24-21-32-30(34-29(24)28)33-25-7-9-26(10-8-25)36-17-12-23(13-18-36)5-4-16-35-19-14-31-15-20-35/h6-11,21-23,31H,4-5,12-20H2,1-3H3,(H,32,33,34). The Morgan fingerprint density at radius 2 is 1.78 bits per heavy atom. The molecule has 0 radical (unpaired) electrons. The molecule has 0 bridgehead atoms. The van der Waals surface area contributed by atoms with E-state index in [1.54, 1.807) is 7.11 Å². The van der Waals surface area contributed by atoms with Gasteiger partial charge in [0.2, 0.25) is 5.95 Å². The first kappa shape index (κ1) is 25.7. The molecule has 2 fully saturated rings. The second-order valence-corrected chi connectivity index (χ2v) is 10.8. The fourth-order valence-corrected chi connectivity index (χ4v) is 5.80. The number of ether oxygens (including phenoxy) is 1. The van der Waals surface area contributed by atoms with E-state index in [0.29, 0.717) is 11.9 Å². The van der Waals surface area contributed by atoms with Gasteiger partial charge < -0.3 is 25.2 Å². The van der Waals surface area contributed by atoms with Crippen molar-refractivity contribution in [3.63, 3.8) is 0 Å². The van der Waals surface area contributed by atoms with E-state index in [1.165, 1.54) is 51.0 Å². The van der Waals surface area contributed by atoms with E-state index in [4.69, 9.17) is 9.72 Å². The zero-order chi connectivity index (χ0) is 25.6. The Bertz CT molecular complexity index is 1150. The number of piperidine rings is 1. The topological polar surface area (TPSA) is 65.6 Å². The molecule has 2 aliphatic heterocycles. The lowest BCUT2D eigenvalue weighted by molar-refractivity contribution is 0.227. The number of benzene rings is 2. The van der Waals surface area contributed by atoms with Crippen molar-refractivity contribution in [2.45, 2.75) is 45.4 Å². The molecule has 2 aliphatic rings. The second kappa shape index (κ2) is 12.1. The number of nitrogens with zero attached hydrogens (tertiary/aromatic N) is 4. The van der Waals surface area contributed by atoms with Gasteiger partial charge in [0.1, 0.15) is 5.75 Å². The largest absolute Gasteiger partial charge is 0.496 e. The van der Waals surface area contributed by atoms with Gasteiger partial charge in [0.25, 0.3) is 0 Å². The van der Waals surface area contributed by atoms with Gasteiger partial charge in [0, 0.05) is 67.8 Å². The van der Waals surface area contributed by atoms with Crippen LogP contribution in [0, 0.1) is 5.92 Å². The van der Waals surface area contributed by atoms with Gasteiger partial charge in [-0.3, -0.25) is 0 Å². The number of hydrogen-bond acceptors (Lipinski definition) is 7. The lowest BCUT2D eigenvalue weighted by Gasteiger charge is -2.34. The Balaban J connectivity index is 1.15. The quantitative estimate of drug-likeness (QED) is 0.406. The molecule has 0 unspecified atom stereocenters. The van der Waals surface area contributed by atoms with Crippen LogP contribution in [0.5, 0.6) is 5.75 Å². The maximum Gasteiger partial charge on any atom is 0.227 e. The van der Waals surface area contributed by atoms with E-state index >= 15 is 0 Å². The number of methoxy groups -OCH3 is 1. The Hall–Kier alpha value is -2.90. The van der Waals surface area contributed by atoms with E-state index in [2.05, 4.69) is 63.5 Å². The van der Waals surface area contributed by atoms with Crippen LogP contribution in [0.15, 0.2) is 42.6 Å². The number of piperazine rings is 1. The van der Waals surface area contributed by atoms with Gasteiger partial charge in [-0.05, 0) is 80.5 Å². The van der Waals surface area contributed by atoms with Crippen molar-refractivity contribution in [2.75, 3.05) is 63.1 Å². The fourth-order valence-electron chi connectivity index (χ4n) is 5.80. The predicted molar refractivity (Wildman–Crippen MR) is 153 cm³/mol. The number of anilines is 3. The molecule has 5 rings (SSSR count). The smallest absolute Gasteiger partial charge is 0.227 e. The highest BCUT2D eigenvalue weighted by molar-refractivity contribution is 5.85. The van der Waals surface area contributed by atoms with Crippen LogP contribution in [0.4, 0.5) is 17.3 Å². The molecule has 0 spiro atoms. The summed E-state index contributed by atoms with van der Waals surface area (Å²) in [6.07, 6.45) is 7.20. The predicted octanol–water partition coefficient (Wildman–Crippen LogP) is 5.41. The maximum absolute atomic E-state index is 5.61. The van der Waals surface area contributed by atoms with Gasteiger partial charge in [0.05, 0.1) is 12.6 Å². The molecule has 198 valence electrons. The fraction of sp³-hybridized carbons (Fsp3) is 0.533. The zero-order valence-corrected chi connectivity index (χ0v) is 22.7. The molecule has 0 atom stereocenters. The third kappa shape index (κ3) is 6.33. The van der Waals surface area contributed by atoms with Crippen molar-refractivity contribution in [1.29, 1.82) is 0 Å². The highest BCUT2D eigenvalue weighted by Gasteiger charge is 2.20. The van der Waals surface area contributed by atoms with Crippen LogP contribution >= 0.6 is 0 Å². The average Bonchev–Trinajstić information content (AvgIpc) is 2.93. The van der Waals surface area contributed by atoms with Gasteiger partial charge in [-0.2, -0.15) is 0 Å². The molecule has 2 saturated heterocycles. The molecule has 0 amide bonds. The molecular formula is C30H42N6O. The highest BCUT2D eigenvalue weighted by Crippen LogP contribution is 2.33. The van der Waals surface area contributed by atoms with Gasteiger partial charge >= 0.3 is 0 Å². The molecule has 0 saturated carbocycles. The van der Waals surface area contributed by atoms with Crippen molar-refractivity contribution >= 4 is 28.2 Å². The van der Waals surface area contributed by atoms with Crippen LogP contribution in [0.1, 0.15) is 51.0 Å². The number of fused-ring (bicyclic) bond motifs is 1. The summed E-state index contributed by atoms with van der Waals surface area (Å²) in [5.74, 6) is 2.66. The molecule has 1 aromatic heterocycles. The minimum absolute atomic E-state index is 0.303. The first-order valence-corrected chi connectivity index (χ1v) is 14.0. The molecule has 2 N–H and O–H groups in total. The molecule has 3 aromatic rings. The summed E-state index contributed by atoms with van der Waals surface area (Å²) in [5.41, 5.74) is 4.36. The molecule has 2 aromatic carbocycles. The Morgan fingerprint density at radius 3 is 2.49 bits per heavy atom. The minimum atomic E-state index is 0.303. The number of aromatic nitrogens is 2. The lowest BCUT2D eigenvalue weighted by Crippen LogP contribution is -2.43. The van der Waals surface area contributed by atoms with Crippen LogP contribution < -0.4 is 20.3 Å². The Labute approximate surface area is 221 Å². The third-order valence-electron chi connectivity index (χ3n) is 7.95. The molecule has 3 heterocycles. The lowest BCUT2D eigenvalue weighted by atomic mass is 9.92. The minimum Gasteiger partial charge on any atom is -0.496 e. The number of nitrogens with one attached hydrogen (secondary N) is 2. The third-order valence-corrected chi connectivity index (χ3v) is 7.95. The van der Waals surface area contributed by atoms with Gasteiger partial charge in [-0.15, -0.1) is 0 Å². The Kier molecular flexibility index (Phi) is 8.41. The van der Waals surface area contributed by atoms with Crippen LogP contribution in [0.25, 0.3) is 10.9 Å². The number of hydrogen-bond donors (Lipinski definition) is 2. The van der Waals surface area contributed by atoms with E-state index in [-0.39, 0.29) is 0 Å². The van der Waals surface area contributed by atoms with Crippen LogP contribution in [0.3, 0.4) is 0 Å². The monoisotopic (exact) mass is 502 g/mol. The SMILES string of the molecule is COc1ccc2cnc(Nc3ccc(N4CCC(CCCN5CCNCC5)CC4)cc3)nc2c1C(C)C. The maximum atomic E-state index is 5.61. The van der Waals surface area contributed by atoms with Crippen molar-refractivity contribution in [2.24, 2.45) is 5.92 Å². The highest BCUT2D eigenvalue weighted by atomic mass is 16.5. The zero-order valence-electron chi connectivity index (χ0n) is 22.7. The van der Waals surface area contributed by atoms with Crippen molar-refractivity contribution < 1.29 is 4.74 Å². The summed E-state index contributed by atoms with van der Waals surface area (Å²) in [7, 11) is 1.71. The van der Waals surface area contributed by atoms with E-state index in [0.717, 1.165) is 60.0 Å². The van der Waals surface area contributed by atoms with Crippen molar-refractivity contribution in [3.8, 4) is 5.75 Å². The van der Waals surface area contributed by atoms with Gasteiger partial charge in [-0.1, -0.05) is 13.8 Å². The molecular weight excluding hydrogens is 460 g/mol. The molecule has 7 nitrogen and oxygen atoms in total.